The summed E-state index contributed by atoms with van der Waals surface area (Å²) in [7, 11) is 0. The normalized spacial score (nSPS) is 13.0. The molecule has 1 aromatic heterocycles. The lowest BCUT2D eigenvalue weighted by Gasteiger charge is -2.11. The Labute approximate surface area is 99.3 Å². The quantitative estimate of drug-likeness (QED) is 0.766. The Bertz CT molecular complexity index is 269. The van der Waals surface area contributed by atoms with Gasteiger partial charge in [-0.15, -0.1) is 0 Å². The highest BCUT2D eigenvalue weighted by molar-refractivity contribution is 5.03. The summed E-state index contributed by atoms with van der Waals surface area (Å²) in [5.74, 6) is 0.794. The van der Waals surface area contributed by atoms with Gasteiger partial charge in [-0.1, -0.05) is 32.8 Å². The van der Waals surface area contributed by atoms with Crippen molar-refractivity contribution in [1.29, 1.82) is 0 Å². The lowest BCUT2D eigenvalue weighted by Crippen LogP contribution is -2.20. The van der Waals surface area contributed by atoms with Crippen LogP contribution in [0.5, 0.6) is 0 Å². The highest BCUT2D eigenvalue weighted by atomic mass is 14.7. The molecule has 0 amide bonds. The number of nitrogens with zero attached hydrogens (tertiary/aromatic N) is 1. The van der Waals surface area contributed by atoms with E-state index in [1.54, 1.807) is 0 Å². The number of rotatable bonds is 7. The number of pyridine rings is 1. The van der Waals surface area contributed by atoms with Gasteiger partial charge in [-0.3, -0.25) is 4.98 Å². The minimum atomic E-state index is 0.334. The first-order valence-electron chi connectivity index (χ1n) is 6.34. The summed E-state index contributed by atoms with van der Waals surface area (Å²) in [4.78, 5) is 4.30. The first-order chi connectivity index (χ1) is 7.68. The second-order valence-corrected chi connectivity index (χ2v) is 4.94. The van der Waals surface area contributed by atoms with Crippen LogP contribution in [0.3, 0.4) is 0 Å². The molecule has 0 aliphatic heterocycles. The van der Waals surface area contributed by atoms with Crippen molar-refractivity contribution >= 4 is 0 Å². The Morgan fingerprint density at radius 3 is 2.62 bits per heavy atom. The lowest BCUT2D eigenvalue weighted by atomic mass is 10.0. The van der Waals surface area contributed by atoms with Crippen molar-refractivity contribution in [3.63, 3.8) is 0 Å². The molecule has 1 rings (SSSR count). The minimum absolute atomic E-state index is 0.334. The van der Waals surface area contributed by atoms with Crippen LogP contribution in [0.15, 0.2) is 24.4 Å². The van der Waals surface area contributed by atoms with Gasteiger partial charge in [-0.05, 0) is 37.3 Å². The predicted octanol–water partition coefficient (Wildman–Crippen LogP) is 3.17. The molecule has 2 nitrogen and oxygen atoms in total. The van der Waals surface area contributed by atoms with Crippen LogP contribution in [0.1, 0.15) is 45.2 Å². The van der Waals surface area contributed by atoms with Gasteiger partial charge in [-0.25, -0.2) is 0 Å². The summed E-state index contributed by atoms with van der Waals surface area (Å²) in [5.41, 5.74) is 7.23. The molecule has 1 atom stereocenters. The third kappa shape index (κ3) is 5.86. The molecule has 0 aliphatic rings. The maximum Gasteiger partial charge on any atom is 0.0404 e. The predicted molar refractivity (Wildman–Crippen MR) is 69.2 cm³/mol. The topological polar surface area (TPSA) is 38.9 Å². The smallest absolute Gasteiger partial charge is 0.0404 e. The molecule has 1 unspecified atom stereocenters. The molecule has 0 saturated heterocycles. The first kappa shape index (κ1) is 13.2. The molecule has 0 fully saturated rings. The maximum absolute atomic E-state index is 6.08. The van der Waals surface area contributed by atoms with Crippen molar-refractivity contribution in [3.8, 4) is 0 Å². The number of aryl methyl sites for hydroxylation is 1. The molecule has 0 saturated carbocycles. The Hall–Kier alpha value is -0.890. The second-order valence-electron chi connectivity index (χ2n) is 4.94. The molecule has 2 N–H and O–H groups in total. The highest BCUT2D eigenvalue weighted by Gasteiger charge is 2.04. The van der Waals surface area contributed by atoms with Crippen LogP contribution >= 0.6 is 0 Å². The SMILES string of the molecule is CC(C)CCCC(N)CCc1ccccn1. The molecular weight excluding hydrogens is 196 g/mol. The van der Waals surface area contributed by atoms with Crippen LogP contribution in [-0.4, -0.2) is 11.0 Å². The van der Waals surface area contributed by atoms with Crippen molar-refractivity contribution in [3.05, 3.63) is 30.1 Å². The lowest BCUT2D eigenvalue weighted by molar-refractivity contribution is 0.481. The van der Waals surface area contributed by atoms with E-state index in [-0.39, 0.29) is 0 Å². The first-order valence-corrected chi connectivity index (χ1v) is 6.34. The van der Waals surface area contributed by atoms with Crippen LogP contribution in [0.25, 0.3) is 0 Å². The van der Waals surface area contributed by atoms with E-state index in [4.69, 9.17) is 5.73 Å². The third-order valence-electron chi connectivity index (χ3n) is 2.85. The molecule has 0 bridgehead atoms. The molecule has 1 aromatic rings. The molecule has 0 spiro atoms. The zero-order valence-corrected chi connectivity index (χ0v) is 10.5. The van der Waals surface area contributed by atoms with E-state index in [0.717, 1.165) is 30.9 Å². The molecule has 90 valence electrons. The number of hydrogen-bond donors (Lipinski definition) is 1. The molecular formula is C14H24N2. The van der Waals surface area contributed by atoms with Gasteiger partial charge in [-0.2, -0.15) is 0 Å². The van der Waals surface area contributed by atoms with Gasteiger partial charge >= 0.3 is 0 Å². The summed E-state index contributed by atoms with van der Waals surface area (Å²) in [5, 5.41) is 0. The average Bonchev–Trinajstić information content (AvgIpc) is 2.27. The monoisotopic (exact) mass is 220 g/mol. The van der Waals surface area contributed by atoms with E-state index in [0.29, 0.717) is 6.04 Å². The Balaban J connectivity index is 2.13. The standard InChI is InChI=1S/C14H24N2/c1-12(2)6-5-7-13(15)9-10-14-8-3-4-11-16-14/h3-4,8,11-13H,5-7,9-10,15H2,1-2H3. The average molecular weight is 220 g/mol. The van der Waals surface area contributed by atoms with Crippen LogP contribution < -0.4 is 5.73 Å². The van der Waals surface area contributed by atoms with E-state index in [9.17, 15) is 0 Å². The summed E-state index contributed by atoms with van der Waals surface area (Å²) >= 11 is 0. The number of nitrogens with two attached hydrogens (primary N) is 1. The fraction of sp³-hybridized carbons (Fsp3) is 0.643. The largest absolute Gasteiger partial charge is 0.328 e. The zero-order valence-electron chi connectivity index (χ0n) is 10.5. The molecule has 0 aromatic carbocycles. The second kappa shape index (κ2) is 7.39. The summed E-state index contributed by atoms with van der Waals surface area (Å²) in [6.07, 6.45) is 7.59. The summed E-state index contributed by atoms with van der Waals surface area (Å²) in [6, 6.07) is 6.39. The van der Waals surface area contributed by atoms with Crippen molar-refractivity contribution < 1.29 is 0 Å². The summed E-state index contributed by atoms with van der Waals surface area (Å²) in [6.45, 7) is 4.53. The third-order valence-corrected chi connectivity index (χ3v) is 2.85. The number of aromatic nitrogens is 1. The zero-order chi connectivity index (χ0) is 11.8. The van der Waals surface area contributed by atoms with Crippen molar-refractivity contribution in [2.75, 3.05) is 0 Å². The molecule has 1 heterocycles. The van der Waals surface area contributed by atoms with Crippen LogP contribution in [-0.2, 0) is 6.42 Å². The molecule has 0 aliphatic carbocycles. The van der Waals surface area contributed by atoms with Gasteiger partial charge in [0.05, 0.1) is 0 Å². The van der Waals surface area contributed by atoms with Crippen LogP contribution in [0.2, 0.25) is 0 Å². The van der Waals surface area contributed by atoms with Crippen molar-refractivity contribution in [1.82, 2.24) is 4.98 Å². The summed E-state index contributed by atoms with van der Waals surface area (Å²) < 4.78 is 0. The molecule has 16 heavy (non-hydrogen) atoms. The van der Waals surface area contributed by atoms with E-state index in [1.807, 2.05) is 18.3 Å². The Morgan fingerprint density at radius 2 is 2.00 bits per heavy atom. The van der Waals surface area contributed by atoms with Crippen molar-refractivity contribution in [2.45, 2.75) is 52.0 Å². The van der Waals surface area contributed by atoms with E-state index < -0.39 is 0 Å². The van der Waals surface area contributed by atoms with E-state index in [2.05, 4.69) is 24.9 Å². The Morgan fingerprint density at radius 1 is 1.19 bits per heavy atom. The van der Waals surface area contributed by atoms with Gasteiger partial charge in [0, 0.05) is 17.9 Å². The van der Waals surface area contributed by atoms with Gasteiger partial charge in [0.15, 0.2) is 0 Å². The van der Waals surface area contributed by atoms with Crippen molar-refractivity contribution in [2.24, 2.45) is 11.7 Å². The van der Waals surface area contributed by atoms with E-state index >= 15 is 0 Å². The highest BCUT2D eigenvalue weighted by Crippen LogP contribution is 2.10. The van der Waals surface area contributed by atoms with Gasteiger partial charge < -0.3 is 5.73 Å². The minimum Gasteiger partial charge on any atom is -0.328 e. The molecule has 2 heteroatoms. The van der Waals surface area contributed by atoms with Crippen LogP contribution in [0.4, 0.5) is 0 Å². The fourth-order valence-corrected chi connectivity index (χ4v) is 1.81. The van der Waals surface area contributed by atoms with Gasteiger partial charge in [0.1, 0.15) is 0 Å². The van der Waals surface area contributed by atoms with Crippen LogP contribution in [0, 0.1) is 5.92 Å². The van der Waals surface area contributed by atoms with E-state index in [1.165, 1.54) is 12.8 Å². The fourth-order valence-electron chi connectivity index (χ4n) is 1.81. The van der Waals surface area contributed by atoms with Gasteiger partial charge in [0.25, 0.3) is 0 Å². The Kier molecular flexibility index (Phi) is 6.09. The number of hydrogen-bond acceptors (Lipinski definition) is 2. The molecule has 0 radical (unpaired) electrons. The van der Waals surface area contributed by atoms with Gasteiger partial charge in [0.2, 0.25) is 0 Å². The maximum atomic E-state index is 6.08.